The van der Waals surface area contributed by atoms with Gasteiger partial charge < -0.3 is 5.73 Å². The Morgan fingerprint density at radius 1 is 1.20 bits per heavy atom. The van der Waals surface area contributed by atoms with Gasteiger partial charge in [0.05, 0.1) is 0 Å². The van der Waals surface area contributed by atoms with Crippen LogP contribution < -0.4 is 5.73 Å². The molecule has 1 aliphatic carbocycles. The zero-order valence-electron chi connectivity index (χ0n) is 13.1. The van der Waals surface area contributed by atoms with Crippen LogP contribution in [0.25, 0.3) is 0 Å². The normalized spacial score (nSPS) is 27.6. The highest BCUT2D eigenvalue weighted by Gasteiger charge is 2.38. The van der Waals surface area contributed by atoms with Crippen molar-refractivity contribution >= 4 is 0 Å². The summed E-state index contributed by atoms with van der Waals surface area (Å²) in [6.45, 7) is 7.64. The van der Waals surface area contributed by atoms with Crippen LogP contribution in [0.3, 0.4) is 0 Å². The van der Waals surface area contributed by atoms with Gasteiger partial charge in [-0.3, -0.25) is 0 Å². The van der Waals surface area contributed by atoms with E-state index < -0.39 is 0 Å². The zero-order valence-corrected chi connectivity index (χ0v) is 13.1. The molecular weight excluding hydrogens is 249 g/mol. The van der Waals surface area contributed by atoms with Gasteiger partial charge in [-0.15, -0.1) is 0 Å². The van der Waals surface area contributed by atoms with E-state index in [2.05, 4.69) is 20.8 Å². The van der Waals surface area contributed by atoms with Gasteiger partial charge in [-0.25, -0.2) is 4.39 Å². The summed E-state index contributed by atoms with van der Waals surface area (Å²) in [5, 5.41) is 0. The van der Waals surface area contributed by atoms with Gasteiger partial charge in [-0.2, -0.15) is 0 Å². The maximum Gasteiger partial charge on any atom is 0.126 e. The Kier molecular flexibility index (Phi) is 4.53. The molecule has 2 N–H and O–H groups in total. The second-order valence-corrected chi connectivity index (χ2v) is 7.61. The number of nitrogens with two attached hydrogens (primary N) is 1. The molecule has 0 aromatic heterocycles. The highest BCUT2D eigenvalue weighted by atomic mass is 19.1. The van der Waals surface area contributed by atoms with E-state index in [1.165, 1.54) is 12.8 Å². The Hall–Kier alpha value is -0.890. The van der Waals surface area contributed by atoms with E-state index in [9.17, 15) is 4.39 Å². The third kappa shape index (κ3) is 3.41. The number of benzene rings is 1. The highest BCUT2D eigenvalue weighted by molar-refractivity contribution is 5.19. The molecule has 0 amide bonds. The maximum atomic E-state index is 13.9. The minimum Gasteiger partial charge on any atom is -0.330 e. The van der Waals surface area contributed by atoms with Crippen molar-refractivity contribution in [3.63, 3.8) is 0 Å². The monoisotopic (exact) mass is 277 g/mol. The smallest absolute Gasteiger partial charge is 0.126 e. The van der Waals surface area contributed by atoms with Crippen molar-refractivity contribution in [2.75, 3.05) is 6.54 Å². The average Bonchev–Trinajstić information content (AvgIpc) is 2.41. The number of hydrogen-bond acceptors (Lipinski definition) is 1. The lowest BCUT2D eigenvalue weighted by molar-refractivity contribution is 0.0920. The number of hydrogen-bond donors (Lipinski definition) is 1. The van der Waals surface area contributed by atoms with Crippen molar-refractivity contribution < 1.29 is 4.39 Å². The van der Waals surface area contributed by atoms with Crippen LogP contribution in [-0.2, 0) is 6.42 Å². The second-order valence-electron chi connectivity index (χ2n) is 7.61. The molecule has 20 heavy (non-hydrogen) atoms. The first-order valence-corrected chi connectivity index (χ1v) is 7.80. The van der Waals surface area contributed by atoms with Crippen LogP contribution in [0.15, 0.2) is 24.3 Å². The summed E-state index contributed by atoms with van der Waals surface area (Å²) >= 11 is 0. The Morgan fingerprint density at radius 2 is 1.80 bits per heavy atom. The predicted octanol–water partition coefficient (Wildman–Crippen LogP) is 4.55. The lowest BCUT2D eigenvalue weighted by Gasteiger charge is -2.44. The molecule has 0 saturated heterocycles. The maximum absolute atomic E-state index is 13.9. The van der Waals surface area contributed by atoms with Crippen LogP contribution in [-0.4, -0.2) is 6.54 Å². The van der Waals surface area contributed by atoms with Gasteiger partial charge in [-0.1, -0.05) is 39.0 Å². The van der Waals surface area contributed by atoms with Crippen LogP contribution in [0, 0.1) is 22.6 Å². The van der Waals surface area contributed by atoms with E-state index in [1.54, 1.807) is 12.1 Å². The Bertz CT molecular complexity index is 439. The van der Waals surface area contributed by atoms with Gasteiger partial charge in [0.25, 0.3) is 0 Å². The van der Waals surface area contributed by atoms with Gasteiger partial charge in [-0.05, 0) is 67.0 Å². The molecule has 0 bridgehead atoms. The standard InChI is InChI=1S/C18H28FN/c1-17(2,3)15-8-10-18(13-20,11-9-15)12-14-6-4-5-7-16(14)19/h4-7,15H,8-13,20H2,1-3H3. The molecule has 112 valence electrons. The molecule has 1 fully saturated rings. The number of halogens is 1. The topological polar surface area (TPSA) is 26.0 Å². The van der Waals surface area contributed by atoms with E-state index in [1.807, 2.05) is 12.1 Å². The molecular formula is C18H28FN. The molecule has 2 rings (SSSR count). The molecule has 1 aliphatic rings. The molecule has 0 atom stereocenters. The summed E-state index contributed by atoms with van der Waals surface area (Å²) in [4.78, 5) is 0. The van der Waals surface area contributed by atoms with Gasteiger partial charge >= 0.3 is 0 Å². The predicted molar refractivity (Wildman–Crippen MR) is 83.0 cm³/mol. The summed E-state index contributed by atoms with van der Waals surface area (Å²) < 4.78 is 13.9. The molecule has 0 spiro atoms. The van der Waals surface area contributed by atoms with E-state index in [0.717, 1.165) is 30.7 Å². The van der Waals surface area contributed by atoms with Gasteiger partial charge in [0, 0.05) is 0 Å². The fourth-order valence-corrected chi connectivity index (χ4v) is 3.60. The summed E-state index contributed by atoms with van der Waals surface area (Å²) in [5.74, 6) is 0.682. The van der Waals surface area contributed by atoms with Gasteiger partial charge in [0.1, 0.15) is 5.82 Å². The minimum absolute atomic E-state index is 0.0849. The SMILES string of the molecule is CC(C)(C)C1CCC(CN)(Cc2ccccc2F)CC1. The fourth-order valence-electron chi connectivity index (χ4n) is 3.60. The average molecular weight is 277 g/mol. The first-order valence-electron chi connectivity index (χ1n) is 7.80. The summed E-state index contributed by atoms with van der Waals surface area (Å²) in [6, 6.07) is 7.14. The summed E-state index contributed by atoms with van der Waals surface area (Å²) in [5.41, 5.74) is 7.37. The van der Waals surface area contributed by atoms with Crippen molar-refractivity contribution in [2.24, 2.45) is 22.5 Å². The Balaban J connectivity index is 2.08. The molecule has 0 unspecified atom stereocenters. The van der Waals surface area contributed by atoms with E-state index in [0.29, 0.717) is 12.0 Å². The van der Waals surface area contributed by atoms with Crippen molar-refractivity contribution in [1.29, 1.82) is 0 Å². The van der Waals surface area contributed by atoms with E-state index in [-0.39, 0.29) is 11.2 Å². The van der Waals surface area contributed by atoms with Crippen molar-refractivity contribution in [2.45, 2.75) is 52.9 Å². The van der Waals surface area contributed by atoms with E-state index in [4.69, 9.17) is 5.73 Å². The Morgan fingerprint density at radius 3 is 2.30 bits per heavy atom. The van der Waals surface area contributed by atoms with Gasteiger partial charge in [0.2, 0.25) is 0 Å². The lowest BCUT2D eigenvalue weighted by Crippen LogP contribution is -2.39. The summed E-state index contributed by atoms with van der Waals surface area (Å²) in [6.07, 6.45) is 5.47. The molecule has 1 nitrogen and oxygen atoms in total. The van der Waals surface area contributed by atoms with Crippen LogP contribution in [0.5, 0.6) is 0 Å². The molecule has 1 aromatic carbocycles. The quantitative estimate of drug-likeness (QED) is 0.861. The molecule has 2 heteroatoms. The molecule has 1 aromatic rings. The first-order chi connectivity index (χ1) is 9.36. The van der Waals surface area contributed by atoms with E-state index >= 15 is 0 Å². The Labute approximate surface area is 122 Å². The van der Waals surface area contributed by atoms with Gasteiger partial charge in [0.15, 0.2) is 0 Å². The van der Waals surface area contributed by atoms with Crippen molar-refractivity contribution in [3.05, 3.63) is 35.6 Å². The van der Waals surface area contributed by atoms with Crippen molar-refractivity contribution in [1.82, 2.24) is 0 Å². The van der Waals surface area contributed by atoms with Crippen LogP contribution in [0.2, 0.25) is 0 Å². The van der Waals surface area contributed by atoms with Crippen molar-refractivity contribution in [3.8, 4) is 0 Å². The van der Waals surface area contributed by atoms with Crippen LogP contribution in [0.4, 0.5) is 4.39 Å². The largest absolute Gasteiger partial charge is 0.330 e. The first kappa shape index (κ1) is 15.5. The second kappa shape index (κ2) is 5.85. The third-order valence-corrected chi connectivity index (χ3v) is 5.23. The molecule has 1 saturated carbocycles. The lowest BCUT2D eigenvalue weighted by atomic mass is 9.62. The molecule has 0 aliphatic heterocycles. The zero-order chi connectivity index (χ0) is 14.8. The number of rotatable bonds is 3. The summed E-state index contributed by atoms with van der Waals surface area (Å²) in [7, 11) is 0. The third-order valence-electron chi connectivity index (χ3n) is 5.23. The highest BCUT2D eigenvalue weighted by Crippen LogP contribution is 2.46. The van der Waals surface area contributed by atoms with Crippen LogP contribution in [0.1, 0.15) is 52.0 Å². The molecule has 0 radical (unpaired) electrons. The minimum atomic E-state index is -0.0849. The molecule has 0 heterocycles. The fraction of sp³-hybridized carbons (Fsp3) is 0.667. The van der Waals surface area contributed by atoms with Crippen LogP contribution >= 0.6 is 0 Å².